The quantitative estimate of drug-likeness (QED) is 0.625. The van der Waals surface area contributed by atoms with E-state index in [1.54, 1.807) is 0 Å². The van der Waals surface area contributed by atoms with Crippen LogP contribution < -0.4 is 5.32 Å². The second-order valence-corrected chi connectivity index (χ2v) is 5.29. The van der Waals surface area contributed by atoms with Crippen LogP contribution in [-0.2, 0) is 4.79 Å². The number of allylic oxidation sites excluding steroid dienone is 1. The topological polar surface area (TPSA) is 52.9 Å². The summed E-state index contributed by atoms with van der Waals surface area (Å²) < 4.78 is 0. The van der Waals surface area contributed by atoms with Gasteiger partial charge in [-0.15, -0.1) is 0 Å². The van der Waals surface area contributed by atoms with Gasteiger partial charge in [0.05, 0.1) is 11.0 Å². The average Bonchev–Trinajstić information content (AvgIpc) is 2.24. The number of Topliss-reactive ketones (excluding diaryl/α,β-unsaturated/α-hetero) is 1. The van der Waals surface area contributed by atoms with E-state index in [1.807, 2.05) is 26.0 Å². The Kier molecular flexibility index (Phi) is 2.28. The number of carbonyl (C=O) groups is 1. The second kappa shape index (κ2) is 3.29. The zero-order chi connectivity index (χ0) is 12.0. The Morgan fingerprint density at radius 3 is 2.75 bits per heavy atom. The highest BCUT2D eigenvalue weighted by Crippen LogP contribution is 2.47. The third-order valence-electron chi connectivity index (χ3n) is 3.63. The van der Waals surface area contributed by atoms with E-state index >= 15 is 0 Å². The SMILES string of the molecule is CC12C=C(C#N)C(=O)C(C)(C)C1=CCNC2. The number of rotatable bonds is 0. The molecule has 0 saturated heterocycles. The van der Waals surface area contributed by atoms with Crippen LogP contribution in [0.3, 0.4) is 0 Å². The summed E-state index contributed by atoms with van der Waals surface area (Å²) >= 11 is 0. The second-order valence-electron chi connectivity index (χ2n) is 5.29. The Balaban J connectivity index is 2.64. The fourth-order valence-corrected chi connectivity index (χ4v) is 2.86. The van der Waals surface area contributed by atoms with Crippen molar-refractivity contribution in [2.45, 2.75) is 20.8 Å². The van der Waals surface area contributed by atoms with Crippen LogP contribution in [0, 0.1) is 22.2 Å². The average molecular weight is 216 g/mol. The zero-order valence-corrected chi connectivity index (χ0v) is 9.92. The zero-order valence-electron chi connectivity index (χ0n) is 9.92. The van der Waals surface area contributed by atoms with Gasteiger partial charge in [-0.2, -0.15) is 5.26 Å². The summed E-state index contributed by atoms with van der Waals surface area (Å²) in [6, 6.07) is 2.02. The van der Waals surface area contributed by atoms with Crippen molar-refractivity contribution < 1.29 is 4.79 Å². The molecule has 0 aromatic rings. The van der Waals surface area contributed by atoms with Gasteiger partial charge < -0.3 is 5.32 Å². The molecule has 1 aliphatic carbocycles. The Bertz CT molecular complexity index is 451. The lowest BCUT2D eigenvalue weighted by molar-refractivity contribution is -0.122. The van der Waals surface area contributed by atoms with Crippen LogP contribution in [0.1, 0.15) is 20.8 Å². The summed E-state index contributed by atoms with van der Waals surface area (Å²) in [7, 11) is 0. The van der Waals surface area contributed by atoms with E-state index < -0.39 is 5.41 Å². The maximum atomic E-state index is 12.1. The first kappa shape index (κ1) is 11.1. The molecular weight excluding hydrogens is 200 g/mol. The molecule has 16 heavy (non-hydrogen) atoms. The molecule has 2 rings (SSSR count). The van der Waals surface area contributed by atoms with Crippen molar-refractivity contribution in [3.05, 3.63) is 23.3 Å². The summed E-state index contributed by atoms with van der Waals surface area (Å²) in [5.41, 5.74) is 0.702. The fraction of sp³-hybridized carbons (Fsp3) is 0.538. The first-order valence-corrected chi connectivity index (χ1v) is 5.51. The van der Waals surface area contributed by atoms with Gasteiger partial charge in [0.2, 0.25) is 0 Å². The molecule has 84 valence electrons. The Labute approximate surface area is 95.8 Å². The smallest absolute Gasteiger partial charge is 0.182 e. The van der Waals surface area contributed by atoms with E-state index in [0.29, 0.717) is 5.57 Å². The lowest BCUT2D eigenvalue weighted by Crippen LogP contribution is -2.47. The predicted octanol–water partition coefficient (Wildman–Crippen LogP) is 1.58. The summed E-state index contributed by atoms with van der Waals surface area (Å²) in [5, 5.41) is 12.3. The number of fused-ring (bicyclic) bond motifs is 1. The van der Waals surface area contributed by atoms with Crippen molar-refractivity contribution in [2.75, 3.05) is 13.1 Å². The molecule has 0 bridgehead atoms. The molecule has 1 N–H and O–H groups in total. The van der Waals surface area contributed by atoms with Crippen molar-refractivity contribution in [3.63, 3.8) is 0 Å². The Morgan fingerprint density at radius 1 is 1.44 bits per heavy atom. The molecule has 0 fully saturated rings. The molecule has 0 aromatic carbocycles. The van der Waals surface area contributed by atoms with Crippen molar-refractivity contribution in [1.29, 1.82) is 5.26 Å². The highest BCUT2D eigenvalue weighted by atomic mass is 16.1. The lowest BCUT2D eigenvalue weighted by Gasteiger charge is -2.44. The molecule has 0 aromatic heterocycles. The summed E-state index contributed by atoms with van der Waals surface area (Å²) in [6.45, 7) is 7.50. The number of hydrogen-bond acceptors (Lipinski definition) is 3. The number of nitrogens with one attached hydrogen (secondary N) is 1. The summed E-state index contributed by atoms with van der Waals surface area (Å²) in [5.74, 6) is -0.0550. The van der Waals surface area contributed by atoms with Gasteiger partial charge in [-0.25, -0.2) is 0 Å². The summed E-state index contributed by atoms with van der Waals surface area (Å²) in [4.78, 5) is 12.1. The number of nitrogens with zero attached hydrogens (tertiary/aromatic N) is 1. The van der Waals surface area contributed by atoms with Crippen LogP contribution in [0.2, 0.25) is 0 Å². The third-order valence-corrected chi connectivity index (χ3v) is 3.63. The molecular formula is C13H16N2O. The maximum absolute atomic E-state index is 12.1. The molecule has 1 aliphatic heterocycles. The minimum Gasteiger partial charge on any atom is -0.312 e. The molecule has 3 nitrogen and oxygen atoms in total. The van der Waals surface area contributed by atoms with Crippen LogP contribution in [0.25, 0.3) is 0 Å². The monoisotopic (exact) mass is 216 g/mol. The molecule has 1 unspecified atom stereocenters. The molecule has 1 heterocycles. The van der Waals surface area contributed by atoms with Gasteiger partial charge in [0, 0.05) is 18.5 Å². The maximum Gasteiger partial charge on any atom is 0.182 e. The third kappa shape index (κ3) is 1.34. The van der Waals surface area contributed by atoms with Crippen LogP contribution >= 0.6 is 0 Å². The van der Waals surface area contributed by atoms with Crippen LogP contribution in [0.5, 0.6) is 0 Å². The van der Waals surface area contributed by atoms with Crippen LogP contribution in [0.4, 0.5) is 0 Å². The molecule has 2 aliphatic rings. The molecule has 0 saturated carbocycles. The van der Waals surface area contributed by atoms with Gasteiger partial charge in [-0.1, -0.05) is 19.1 Å². The highest BCUT2D eigenvalue weighted by Gasteiger charge is 2.47. The number of ketones is 1. The van der Waals surface area contributed by atoms with Crippen molar-refractivity contribution in [3.8, 4) is 6.07 Å². The highest BCUT2D eigenvalue weighted by molar-refractivity contribution is 6.06. The van der Waals surface area contributed by atoms with Gasteiger partial charge in [0.15, 0.2) is 5.78 Å². The van der Waals surface area contributed by atoms with Gasteiger partial charge in [-0.3, -0.25) is 4.79 Å². The van der Waals surface area contributed by atoms with Gasteiger partial charge >= 0.3 is 0 Å². The van der Waals surface area contributed by atoms with E-state index in [4.69, 9.17) is 5.26 Å². The van der Waals surface area contributed by atoms with E-state index in [0.717, 1.165) is 18.7 Å². The van der Waals surface area contributed by atoms with Gasteiger partial charge in [-0.05, 0) is 19.4 Å². The lowest BCUT2D eigenvalue weighted by atomic mass is 9.60. The number of hydrogen-bond donors (Lipinski definition) is 1. The minimum atomic E-state index is -0.545. The molecule has 0 radical (unpaired) electrons. The minimum absolute atomic E-state index is 0.0550. The van der Waals surface area contributed by atoms with E-state index in [2.05, 4.69) is 18.3 Å². The largest absolute Gasteiger partial charge is 0.312 e. The first-order valence-electron chi connectivity index (χ1n) is 5.51. The standard InChI is InChI=1S/C13H16N2O/c1-12(2)10-4-5-15-8-13(10,3)6-9(7-14)11(12)16/h4,6,15H,5,8H2,1-3H3. The van der Waals surface area contributed by atoms with Gasteiger partial charge in [0.1, 0.15) is 6.07 Å². The van der Waals surface area contributed by atoms with Crippen molar-refractivity contribution in [2.24, 2.45) is 10.8 Å². The number of carbonyl (C=O) groups excluding carboxylic acids is 1. The molecule has 1 atom stereocenters. The number of nitriles is 1. The Hall–Kier alpha value is -1.40. The van der Waals surface area contributed by atoms with Crippen molar-refractivity contribution in [1.82, 2.24) is 5.32 Å². The van der Waals surface area contributed by atoms with Crippen molar-refractivity contribution >= 4 is 5.78 Å². The van der Waals surface area contributed by atoms with Gasteiger partial charge in [0.25, 0.3) is 0 Å². The molecule has 3 heteroatoms. The molecule has 0 spiro atoms. The molecule has 0 amide bonds. The van der Waals surface area contributed by atoms with E-state index in [-0.39, 0.29) is 11.2 Å². The summed E-state index contributed by atoms with van der Waals surface area (Å²) in [6.07, 6.45) is 3.91. The fourth-order valence-electron chi connectivity index (χ4n) is 2.86. The first-order chi connectivity index (χ1) is 7.42. The predicted molar refractivity (Wildman–Crippen MR) is 61.5 cm³/mol. The normalized spacial score (nSPS) is 32.2. The van der Waals surface area contributed by atoms with E-state index in [1.165, 1.54) is 0 Å². The van der Waals surface area contributed by atoms with E-state index in [9.17, 15) is 4.79 Å². The van der Waals surface area contributed by atoms with Crippen LogP contribution in [-0.4, -0.2) is 18.9 Å². The van der Waals surface area contributed by atoms with Crippen LogP contribution in [0.15, 0.2) is 23.3 Å². The Morgan fingerprint density at radius 2 is 2.12 bits per heavy atom.